The molecule has 0 bridgehead atoms. The van der Waals surface area contributed by atoms with E-state index in [1.54, 1.807) is 6.92 Å². The molecule has 1 fully saturated rings. The highest BCUT2D eigenvalue weighted by Gasteiger charge is 2.42. The second-order valence-corrected chi connectivity index (χ2v) is 5.15. The molecule has 0 amide bonds. The van der Waals surface area contributed by atoms with Crippen LogP contribution in [0.2, 0.25) is 0 Å². The third kappa shape index (κ3) is 1.52. The van der Waals surface area contributed by atoms with Crippen LogP contribution >= 0.6 is 15.9 Å². The number of benzene rings is 1. The Morgan fingerprint density at radius 1 is 1.44 bits per heavy atom. The first kappa shape index (κ1) is 10.1. The number of rotatable bonds is 2. The van der Waals surface area contributed by atoms with E-state index in [-0.39, 0.29) is 18.5 Å². The van der Waals surface area contributed by atoms with Crippen molar-refractivity contribution in [2.75, 3.05) is 6.79 Å². The van der Waals surface area contributed by atoms with Crippen LogP contribution in [0.3, 0.4) is 0 Å². The van der Waals surface area contributed by atoms with Crippen LogP contribution in [0, 0.1) is 5.92 Å². The van der Waals surface area contributed by atoms with Crippen molar-refractivity contribution in [3.8, 4) is 11.5 Å². The second kappa shape index (κ2) is 3.48. The van der Waals surface area contributed by atoms with Gasteiger partial charge in [0.05, 0.1) is 4.47 Å². The minimum absolute atomic E-state index is 0.201. The maximum Gasteiger partial charge on any atom is 0.231 e. The van der Waals surface area contributed by atoms with Crippen LogP contribution in [0.4, 0.5) is 0 Å². The Labute approximate surface area is 102 Å². The summed E-state index contributed by atoms with van der Waals surface area (Å²) in [7, 11) is 0. The van der Waals surface area contributed by atoms with Crippen molar-refractivity contribution in [2.45, 2.75) is 19.3 Å². The molecular weight excluding hydrogens is 272 g/mol. The third-order valence-electron chi connectivity index (χ3n) is 3.19. The van der Waals surface area contributed by atoms with Gasteiger partial charge in [-0.2, -0.15) is 0 Å². The average Bonchev–Trinajstić information content (AvgIpc) is 2.90. The zero-order valence-corrected chi connectivity index (χ0v) is 10.4. The Kier molecular flexibility index (Phi) is 2.21. The molecule has 1 heterocycles. The lowest BCUT2D eigenvalue weighted by molar-refractivity contribution is -0.118. The molecule has 2 atom stereocenters. The van der Waals surface area contributed by atoms with Crippen molar-refractivity contribution >= 4 is 21.7 Å². The van der Waals surface area contributed by atoms with Crippen LogP contribution in [0.1, 0.15) is 24.8 Å². The highest BCUT2D eigenvalue weighted by atomic mass is 79.9. The van der Waals surface area contributed by atoms with E-state index in [0.29, 0.717) is 5.92 Å². The fourth-order valence-electron chi connectivity index (χ4n) is 2.21. The first-order valence-electron chi connectivity index (χ1n) is 5.26. The molecule has 0 radical (unpaired) electrons. The van der Waals surface area contributed by atoms with E-state index in [1.165, 1.54) is 0 Å². The van der Waals surface area contributed by atoms with Gasteiger partial charge in [-0.05, 0) is 52.9 Å². The predicted molar refractivity (Wildman–Crippen MR) is 61.8 cm³/mol. The first-order chi connectivity index (χ1) is 7.66. The summed E-state index contributed by atoms with van der Waals surface area (Å²) in [6.45, 7) is 1.94. The number of carbonyl (C=O) groups excluding carboxylic acids is 1. The monoisotopic (exact) mass is 282 g/mol. The molecule has 0 aromatic heterocycles. The standard InChI is InChI=1S/C12H11BrO3/c1-6(14)8-4-9(8)7-2-10(13)12-11(3-7)15-5-16-12/h2-3,8-9H,4-5H2,1H3. The van der Waals surface area contributed by atoms with Crippen LogP contribution in [-0.2, 0) is 4.79 Å². The number of halogens is 1. The molecule has 1 aromatic rings. The molecule has 16 heavy (non-hydrogen) atoms. The molecule has 2 unspecified atom stereocenters. The smallest absolute Gasteiger partial charge is 0.231 e. The molecule has 0 N–H and O–H groups in total. The zero-order valence-electron chi connectivity index (χ0n) is 8.83. The molecule has 1 aromatic carbocycles. The van der Waals surface area contributed by atoms with E-state index in [1.807, 2.05) is 12.1 Å². The summed E-state index contributed by atoms with van der Waals surface area (Å²) >= 11 is 3.46. The molecule has 0 spiro atoms. The molecule has 1 aliphatic carbocycles. The fourth-order valence-corrected chi connectivity index (χ4v) is 2.79. The summed E-state index contributed by atoms with van der Waals surface area (Å²) in [5, 5.41) is 0. The van der Waals surface area contributed by atoms with E-state index in [9.17, 15) is 4.79 Å². The van der Waals surface area contributed by atoms with E-state index < -0.39 is 0 Å². The summed E-state index contributed by atoms with van der Waals surface area (Å²) in [5.74, 6) is 2.39. The van der Waals surface area contributed by atoms with Crippen molar-refractivity contribution in [1.29, 1.82) is 0 Å². The minimum atomic E-state index is 0.201. The van der Waals surface area contributed by atoms with Crippen LogP contribution in [0.25, 0.3) is 0 Å². The largest absolute Gasteiger partial charge is 0.454 e. The van der Waals surface area contributed by atoms with Crippen LogP contribution < -0.4 is 9.47 Å². The maximum absolute atomic E-state index is 11.2. The fraction of sp³-hybridized carbons (Fsp3) is 0.417. The summed E-state index contributed by atoms with van der Waals surface area (Å²) in [6.07, 6.45) is 0.960. The molecule has 2 aliphatic rings. The Hall–Kier alpha value is -1.03. The molecule has 0 saturated heterocycles. The summed E-state index contributed by atoms with van der Waals surface area (Å²) in [6, 6.07) is 4.02. The number of ketones is 1. The molecule has 4 heteroatoms. The highest BCUT2D eigenvalue weighted by Crippen LogP contribution is 2.51. The Bertz CT molecular complexity index is 470. The van der Waals surface area contributed by atoms with Gasteiger partial charge < -0.3 is 9.47 Å². The second-order valence-electron chi connectivity index (χ2n) is 4.30. The minimum Gasteiger partial charge on any atom is -0.454 e. The SMILES string of the molecule is CC(=O)C1CC1c1cc(Br)c2c(c1)OCO2. The van der Waals surface area contributed by atoms with Crippen LogP contribution in [-0.4, -0.2) is 12.6 Å². The highest BCUT2D eigenvalue weighted by molar-refractivity contribution is 9.10. The summed E-state index contributed by atoms with van der Waals surface area (Å²) < 4.78 is 11.6. The number of fused-ring (bicyclic) bond motifs is 1. The van der Waals surface area contributed by atoms with Gasteiger partial charge in [-0.1, -0.05) is 0 Å². The molecule has 1 saturated carbocycles. The number of hydrogen-bond acceptors (Lipinski definition) is 3. The summed E-state index contributed by atoms with van der Waals surface area (Å²) in [5.41, 5.74) is 1.16. The van der Waals surface area contributed by atoms with Crippen molar-refractivity contribution in [2.24, 2.45) is 5.92 Å². The van der Waals surface area contributed by atoms with Crippen molar-refractivity contribution in [3.63, 3.8) is 0 Å². The van der Waals surface area contributed by atoms with Crippen molar-refractivity contribution < 1.29 is 14.3 Å². The van der Waals surface area contributed by atoms with Gasteiger partial charge in [0.25, 0.3) is 0 Å². The molecule has 1 aliphatic heterocycles. The topological polar surface area (TPSA) is 35.5 Å². The van der Waals surface area contributed by atoms with E-state index in [4.69, 9.17) is 9.47 Å². The Balaban J connectivity index is 1.93. The van der Waals surface area contributed by atoms with Gasteiger partial charge >= 0.3 is 0 Å². The number of Topliss-reactive ketones (excluding diaryl/α,β-unsaturated/α-hetero) is 1. The van der Waals surface area contributed by atoms with Crippen LogP contribution in [0.15, 0.2) is 16.6 Å². The maximum atomic E-state index is 11.2. The Morgan fingerprint density at radius 3 is 2.94 bits per heavy atom. The molecule has 84 valence electrons. The predicted octanol–water partition coefficient (Wildman–Crippen LogP) is 2.87. The molecular formula is C12H11BrO3. The van der Waals surface area contributed by atoms with Gasteiger partial charge in [0.2, 0.25) is 6.79 Å². The molecule has 3 nitrogen and oxygen atoms in total. The van der Waals surface area contributed by atoms with Crippen molar-refractivity contribution in [1.82, 2.24) is 0 Å². The quantitative estimate of drug-likeness (QED) is 0.837. The van der Waals surface area contributed by atoms with E-state index >= 15 is 0 Å². The van der Waals surface area contributed by atoms with Gasteiger partial charge in [-0.15, -0.1) is 0 Å². The lowest BCUT2D eigenvalue weighted by Crippen LogP contribution is -1.95. The Morgan fingerprint density at radius 2 is 2.25 bits per heavy atom. The third-order valence-corrected chi connectivity index (χ3v) is 3.78. The van der Waals surface area contributed by atoms with Gasteiger partial charge in [0.1, 0.15) is 5.78 Å². The number of carbonyl (C=O) groups is 1. The lowest BCUT2D eigenvalue weighted by Gasteiger charge is -2.04. The van der Waals surface area contributed by atoms with Crippen molar-refractivity contribution in [3.05, 3.63) is 22.2 Å². The van der Waals surface area contributed by atoms with Gasteiger partial charge in [0.15, 0.2) is 11.5 Å². The average molecular weight is 283 g/mol. The lowest BCUT2D eigenvalue weighted by atomic mass is 10.1. The molecule has 3 rings (SSSR count). The van der Waals surface area contributed by atoms with Gasteiger partial charge in [-0.3, -0.25) is 4.79 Å². The number of ether oxygens (including phenoxy) is 2. The summed E-state index contributed by atoms with van der Waals surface area (Å²) in [4.78, 5) is 11.2. The zero-order chi connectivity index (χ0) is 11.3. The van der Waals surface area contributed by atoms with Gasteiger partial charge in [-0.25, -0.2) is 0 Å². The number of hydrogen-bond donors (Lipinski definition) is 0. The van der Waals surface area contributed by atoms with E-state index in [2.05, 4.69) is 15.9 Å². The first-order valence-corrected chi connectivity index (χ1v) is 6.05. The van der Waals surface area contributed by atoms with Crippen LogP contribution in [0.5, 0.6) is 11.5 Å². The van der Waals surface area contributed by atoms with Gasteiger partial charge in [0, 0.05) is 5.92 Å². The van der Waals surface area contributed by atoms with E-state index in [0.717, 1.165) is 28.0 Å². The normalized spacial score (nSPS) is 25.6.